The second-order valence-electron chi connectivity index (χ2n) is 4.24. The normalized spacial score (nSPS) is 10.1. The van der Waals surface area contributed by atoms with Gasteiger partial charge in [0.1, 0.15) is 12.4 Å². The number of aromatic nitrogens is 2. The molecule has 0 unspecified atom stereocenters. The number of nitrogens with zero attached hydrogens (tertiary/aromatic N) is 1. The monoisotopic (exact) mass is 273 g/mol. The van der Waals surface area contributed by atoms with E-state index in [0.717, 1.165) is 5.56 Å². The number of rotatable bonds is 4. The Morgan fingerprint density at radius 1 is 1.35 bits per heavy atom. The lowest BCUT2D eigenvalue weighted by Gasteiger charge is -2.06. The van der Waals surface area contributed by atoms with E-state index in [1.54, 1.807) is 6.92 Å². The second-order valence-corrected chi connectivity index (χ2v) is 4.24. The van der Waals surface area contributed by atoms with Crippen LogP contribution in [0.25, 0.3) is 0 Å². The van der Waals surface area contributed by atoms with Crippen molar-refractivity contribution >= 4 is 6.09 Å². The van der Waals surface area contributed by atoms with Crippen LogP contribution in [0.15, 0.2) is 41.3 Å². The van der Waals surface area contributed by atoms with Gasteiger partial charge in [-0.25, -0.2) is 9.78 Å². The molecule has 20 heavy (non-hydrogen) atoms. The van der Waals surface area contributed by atoms with Gasteiger partial charge in [0.15, 0.2) is 0 Å². The quantitative estimate of drug-likeness (QED) is 0.884. The van der Waals surface area contributed by atoms with E-state index in [4.69, 9.17) is 4.74 Å². The standard InChI is InChI=1S/C14H15N3O3/c1-10-15-7-12(13(18)17-10)8-16-14(19)20-9-11-5-3-2-4-6-11/h2-7H,8-9H2,1H3,(H,16,19)(H,15,17,18). The van der Waals surface area contributed by atoms with Crippen molar-refractivity contribution in [1.82, 2.24) is 15.3 Å². The lowest BCUT2D eigenvalue weighted by molar-refractivity contribution is 0.139. The van der Waals surface area contributed by atoms with E-state index in [-0.39, 0.29) is 18.7 Å². The highest BCUT2D eigenvalue weighted by molar-refractivity contribution is 5.67. The van der Waals surface area contributed by atoms with Crippen LogP contribution in [0.1, 0.15) is 17.0 Å². The molecule has 1 aromatic carbocycles. The maximum atomic E-state index is 11.5. The fourth-order valence-electron chi connectivity index (χ4n) is 1.58. The fourth-order valence-corrected chi connectivity index (χ4v) is 1.58. The first-order chi connectivity index (χ1) is 9.65. The van der Waals surface area contributed by atoms with Crippen molar-refractivity contribution in [2.24, 2.45) is 0 Å². The number of amides is 1. The van der Waals surface area contributed by atoms with Crippen molar-refractivity contribution in [2.45, 2.75) is 20.1 Å². The number of benzene rings is 1. The minimum Gasteiger partial charge on any atom is -0.445 e. The molecule has 0 aliphatic carbocycles. The van der Waals surface area contributed by atoms with Crippen LogP contribution in [-0.2, 0) is 17.9 Å². The molecule has 0 aliphatic heterocycles. The van der Waals surface area contributed by atoms with E-state index in [9.17, 15) is 9.59 Å². The van der Waals surface area contributed by atoms with Gasteiger partial charge in [0.25, 0.3) is 5.56 Å². The Bertz CT molecular complexity index is 638. The van der Waals surface area contributed by atoms with Crippen LogP contribution in [-0.4, -0.2) is 16.1 Å². The van der Waals surface area contributed by atoms with Crippen LogP contribution in [0, 0.1) is 6.92 Å². The van der Waals surface area contributed by atoms with Crippen LogP contribution in [0.3, 0.4) is 0 Å². The summed E-state index contributed by atoms with van der Waals surface area (Å²) in [6.45, 7) is 1.96. The number of H-pyrrole nitrogens is 1. The van der Waals surface area contributed by atoms with Crippen molar-refractivity contribution < 1.29 is 9.53 Å². The molecule has 2 N–H and O–H groups in total. The summed E-state index contributed by atoms with van der Waals surface area (Å²) < 4.78 is 5.03. The Kier molecular flexibility index (Phi) is 4.49. The summed E-state index contributed by atoms with van der Waals surface area (Å²) in [6, 6.07) is 9.35. The number of carbonyl (C=O) groups excluding carboxylic acids is 1. The van der Waals surface area contributed by atoms with Crippen molar-refractivity contribution in [3.8, 4) is 0 Å². The SMILES string of the molecule is Cc1ncc(CNC(=O)OCc2ccccc2)c(=O)[nH]1. The molecule has 0 aliphatic rings. The first-order valence-corrected chi connectivity index (χ1v) is 6.14. The van der Waals surface area contributed by atoms with Gasteiger partial charge in [0.2, 0.25) is 0 Å². The Morgan fingerprint density at radius 2 is 2.10 bits per heavy atom. The van der Waals surface area contributed by atoms with Gasteiger partial charge in [-0.3, -0.25) is 4.79 Å². The summed E-state index contributed by atoms with van der Waals surface area (Å²) in [4.78, 5) is 29.6. The van der Waals surface area contributed by atoms with Gasteiger partial charge >= 0.3 is 6.09 Å². The second kappa shape index (κ2) is 6.51. The smallest absolute Gasteiger partial charge is 0.407 e. The Labute approximate surface area is 115 Å². The summed E-state index contributed by atoms with van der Waals surface area (Å²) >= 11 is 0. The van der Waals surface area contributed by atoms with Crippen LogP contribution in [0.2, 0.25) is 0 Å². The number of hydrogen-bond donors (Lipinski definition) is 2. The number of carbonyl (C=O) groups is 1. The Hall–Kier alpha value is -2.63. The maximum absolute atomic E-state index is 11.5. The minimum atomic E-state index is -0.575. The van der Waals surface area contributed by atoms with E-state index < -0.39 is 6.09 Å². The summed E-state index contributed by atoms with van der Waals surface area (Å²) in [5.41, 5.74) is 1.02. The zero-order valence-electron chi connectivity index (χ0n) is 11.1. The number of nitrogens with one attached hydrogen (secondary N) is 2. The molecule has 2 aromatic rings. The molecule has 104 valence electrons. The molecule has 1 amide bonds. The largest absolute Gasteiger partial charge is 0.445 e. The summed E-state index contributed by atoms with van der Waals surface area (Å²) in [5, 5.41) is 2.51. The third-order valence-corrected chi connectivity index (χ3v) is 2.64. The van der Waals surface area contributed by atoms with Gasteiger partial charge in [-0.1, -0.05) is 30.3 Å². The third-order valence-electron chi connectivity index (χ3n) is 2.64. The first-order valence-electron chi connectivity index (χ1n) is 6.14. The highest BCUT2D eigenvalue weighted by Crippen LogP contribution is 2.00. The van der Waals surface area contributed by atoms with Crippen LogP contribution in [0.4, 0.5) is 4.79 Å². The zero-order chi connectivity index (χ0) is 14.4. The van der Waals surface area contributed by atoms with Gasteiger partial charge in [0, 0.05) is 6.20 Å². The molecule has 1 aromatic heterocycles. The molecule has 0 atom stereocenters. The molecule has 0 saturated heterocycles. The molecular formula is C14H15N3O3. The van der Waals surface area contributed by atoms with Gasteiger partial charge in [-0.15, -0.1) is 0 Å². The number of ether oxygens (including phenoxy) is 1. The summed E-state index contributed by atoms with van der Waals surface area (Å²) in [5.74, 6) is 0.533. The van der Waals surface area contributed by atoms with Crippen LogP contribution < -0.4 is 10.9 Å². The van der Waals surface area contributed by atoms with E-state index in [0.29, 0.717) is 11.4 Å². The third kappa shape index (κ3) is 3.94. The molecule has 6 nitrogen and oxygen atoms in total. The predicted octanol–water partition coefficient (Wildman–Crippen LogP) is 1.50. The molecule has 0 fully saturated rings. The summed E-state index contributed by atoms with van der Waals surface area (Å²) in [6.07, 6.45) is 0.861. The molecule has 1 heterocycles. The van der Waals surface area contributed by atoms with E-state index >= 15 is 0 Å². The van der Waals surface area contributed by atoms with Gasteiger partial charge in [-0.2, -0.15) is 0 Å². The van der Waals surface area contributed by atoms with E-state index in [1.165, 1.54) is 6.20 Å². The van der Waals surface area contributed by atoms with Crippen molar-refractivity contribution in [2.75, 3.05) is 0 Å². The highest BCUT2D eigenvalue weighted by atomic mass is 16.5. The number of aromatic amines is 1. The fraction of sp³-hybridized carbons (Fsp3) is 0.214. The van der Waals surface area contributed by atoms with E-state index in [2.05, 4.69) is 15.3 Å². The van der Waals surface area contributed by atoms with Crippen molar-refractivity contribution in [1.29, 1.82) is 0 Å². The predicted molar refractivity (Wildman–Crippen MR) is 73.1 cm³/mol. The number of hydrogen-bond acceptors (Lipinski definition) is 4. The molecule has 2 rings (SSSR count). The zero-order valence-corrected chi connectivity index (χ0v) is 11.1. The molecule has 6 heteroatoms. The molecule has 0 radical (unpaired) electrons. The lowest BCUT2D eigenvalue weighted by Crippen LogP contribution is -2.27. The van der Waals surface area contributed by atoms with Crippen molar-refractivity contribution in [3.05, 3.63) is 63.8 Å². The maximum Gasteiger partial charge on any atom is 0.407 e. The molecule has 0 bridgehead atoms. The van der Waals surface area contributed by atoms with Crippen molar-refractivity contribution in [3.63, 3.8) is 0 Å². The number of aryl methyl sites for hydroxylation is 1. The summed E-state index contributed by atoms with van der Waals surface area (Å²) in [7, 11) is 0. The Balaban J connectivity index is 1.82. The average molecular weight is 273 g/mol. The molecular weight excluding hydrogens is 258 g/mol. The topological polar surface area (TPSA) is 84.1 Å². The van der Waals surface area contributed by atoms with Gasteiger partial charge < -0.3 is 15.0 Å². The van der Waals surface area contributed by atoms with Gasteiger partial charge in [0.05, 0.1) is 12.1 Å². The van der Waals surface area contributed by atoms with Gasteiger partial charge in [-0.05, 0) is 12.5 Å². The first kappa shape index (κ1) is 13.8. The Morgan fingerprint density at radius 3 is 2.80 bits per heavy atom. The highest BCUT2D eigenvalue weighted by Gasteiger charge is 2.05. The van der Waals surface area contributed by atoms with Crippen LogP contribution >= 0.6 is 0 Å². The molecule has 0 saturated carbocycles. The van der Waals surface area contributed by atoms with Crippen LogP contribution in [0.5, 0.6) is 0 Å². The molecule has 0 spiro atoms. The average Bonchev–Trinajstić information content (AvgIpc) is 2.45. The minimum absolute atomic E-state index is 0.0796. The van der Waals surface area contributed by atoms with E-state index in [1.807, 2.05) is 30.3 Å². The number of alkyl carbamates (subject to hydrolysis) is 1. The lowest BCUT2D eigenvalue weighted by atomic mass is 10.2.